The van der Waals surface area contributed by atoms with E-state index in [4.69, 9.17) is 0 Å². The fourth-order valence-corrected chi connectivity index (χ4v) is 2.16. The summed E-state index contributed by atoms with van der Waals surface area (Å²) in [6.07, 6.45) is 2.15. The van der Waals surface area contributed by atoms with E-state index in [1.165, 1.54) is 0 Å². The molecule has 0 heterocycles. The quantitative estimate of drug-likeness (QED) is 0.872. The first-order valence-electron chi connectivity index (χ1n) is 6.85. The second kappa shape index (κ2) is 6.75. The number of anilines is 1. The highest BCUT2D eigenvalue weighted by Crippen LogP contribution is 2.19. The number of aryl methyl sites for hydroxylation is 1. The maximum absolute atomic E-state index is 12.1. The summed E-state index contributed by atoms with van der Waals surface area (Å²) in [4.78, 5) is 12.1. The Morgan fingerprint density at radius 3 is 2.40 bits per heavy atom. The maximum atomic E-state index is 12.1. The number of carbonyl (C=O) groups excluding carboxylic acids is 1. The van der Waals surface area contributed by atoms with E-state index >= 15 is 0 Å². The zero-order chi connectivity index (χ0) is 14.4. The predicted octanol–water partition coefficient (Wildman–Crippen LogP) is 3.53. The summed E-state index contributed by atoms with van der Waals surface area (Å²) in [5, 5.41) is 12.6. The zero-order valence-electron chi connectivity index (χ0n) is 11.6. The van der Waals surface area contributed by atoms with Crippen LogP contribution in [0.5, 0.6) is 5.75 Å². The van der Waals surface area contributed by atoms with E-state index in [1.54, 1.807) is 18.2 Å². The van der Waals surface area contributed by atoms with Gasteiger partial charge in [0, 0.05) is 11.3 Å². The molecule has 0 aliphatic heterocycles. The minimum absolute atomic E-state index is 0.116. The van der Waals surface area contributed by atoms with Gasteiger partial charge in [-0.05, 0) is 24.1 Å². The van der Waals surface area contributed by atoms with Crippen molar-refractivity contribution in [1.29, 1.82) is 0 Å². The number of nitrogens with one attached hydrogen (secondary N) is 1. The number of phenolic OH excluding ortho intramolecular Hbond substituents is 1. The maximum Gasteiger partial charge on any atom is 0.228 e. The van der Waals surface area contributed by atoms with Crippen molar-refractivity contribution in [3.8, 4) is 5.75 Å². The second-order valence-electron chi connectivity index (χ2n) is 4.76. The molecule has 0 saturated carbocycles. The smallest absolute Gasteiger partial charge is 0.228 e. The number of para-hydroxylation sites is 2. The number of benzene rings is 2. The highest BCUT2D eigenvalue weighted by Gasteiger charge is 2.09. The molecule has 104 valence electrons. The van der Waals surface area contributed by atoms with Crippen molar-refractivity contribution in [1.82, 2.24) is 0 Å². The molecular weight excluding hydrogens is 250 g/mol. The summed E-state index contributed by atoms with van der Waals surface area (Å²) < 4.78 is 0. The summed E-state index contributed by atoms with van der Waals surface area (Å²) in [6, 6.07) is 14.7. The standard InChI is InChI=1S/C17H19NO2/c1-2-7-13-8-3-5-10-15(13)18-17(20)12-14-9-4-6-11-16(14)19/h3-6,8-11,19H,2,7,12H2,1H3,(H,18,20). The van der Waals surface area contributed by atoms with Crippen molar-refractivity contribution in [2.75, 3.05) is 5.32 Å². The van der Waals surface area contributed by atoms with Gasteiger partial charge in [0.25, 0.3) is 0 Å². The average molecular weight is 269 g/mol. The molecule has 0 bridgehead atoms. The lowest BCUT2D eigenvalue weighted by molar-refractivity contribution is -0.115. The van der Waals surface area contributed by atoms with Gasteiger partial charge in [-0.3, -0.25) is 4.79 Å². The van der Waals surface area contributed by atoms with Crippen LogP contribution in [-0.4, -0.2) is 11.0 Å². The molecule has 2 aromatic carbocycles. The lowest BCUT2D eigenvalue weighted by Crippen LogP contribution is -2.15. The minimum atomic E-state index is -0.116. The van der Waals surface area contributed by atoms with E-state index in [0.29, 0.717) is 5.56 Å². The molecule has 3 nitrogen and oxygen atoms in total. The van der Waals surface area contributed by atoms with Gasteiger partial charge in [0.15, 0.2) is 0 Å². The Labute approximate surface area is 119 Å². The normalized spacial score (nSPS) is 10.2. The van der Waals surface area contributed by atoms with E-state index in [1.807, 2.05) is 30.3 Å². The van der Waals surface area contributed by atoms with E-state index in [0.717, 1.165) is 24.1 Å². The molecule has 0 radical (unpaired) electrons. The van der Waals surface area contributed by atoms with Crippen LogP contribution >= 0.6 is 0 Å². The van der Waals surface area contributed by atoms with Gasteiger partial charge < -0.3 is 10.4 Å². The van der Waals surface area contributed by atoms with Gasteiger partial charge in [0.2, 0.25) is 5.91 Å². The number of hydrogen-bond acceptors (Lipinski definition) is 2. The molecule has 20 heavy (non-hydrogen) atoms. The van der Waals surface area contributed by atoms with E-state index in [-0.39, 0.29) is 18.1 Å². The third kappa shape index (κ3) is 3.60. The van der Waals surface area contributed by atoms with Crippen LogP contribution in [-0.2, 0) is 17.6 Å². The Morgan fingerprint density at radius 2 is 1.70 bits per heavy atom. The van der Waals surface area contributed by atoms with Gasteiger partial charge in [0.1, 0.15) is 5.75 Å². The molecule has 0 unspecified atom stereocenters. The third-order valence-corrected chi connectivity index (χ3v) is 3.15. The second-order valence-corrected chi connectivity index (χ2v) is 4.76. The molecule has 0 saturated heterocycles. The van der Waals surface area contributed by atoms with Crippen molar-refractivity contribution >= 4 is 11.6 Å². The van der Waals surface area contributed by atoms with Crippen LogP contribution in [0.2, 0.25) is 0 Å². The molecule has 2 rings (SSSR count). The number of amides is 1. The largest absolute Gasteiger partial charge is 0.508 e. The first-order chi connectivity index (χ1) is 9.70. The van der Waals surface area contributed by atoms with Crippen LogP contribution < -0.4 is 5.32 Å². The van der Waals surface area contributed by atoms with Crippen LogP contribution in [0.4, 0.5) is 5.69 Å². The number of aromatic hydroxyl groups is 1. The van der Waals surface area contributed by atoms with Crippen molar-refractivity contribution < 1.29 is 9.90 Å². The van der Waals surface area contributed by atoms with Gasteiger partial charge in [-0.15, -0.1) is 0 Å². The molecule has 1 amide bonds. The van der Waals surface area contributed by atoms with E-state index in [2.05, 4.69) is 12.2 Å². The van der Waals surface area contributed by atoms with Crippen LogP contribution in [0.25, 0.3) is 0 Å². The van der Waals surface area contributed by atoms with Gasteiger partial charge in [-0.25, -0.2) is 0 Å². The van der Waals surface area contributed by atoms with Crippen LogP contribution in [0.1, 0.15) is 24.5 Å². The first kappa shape index (κ1) is 14.1. The molecule has 0 fully saturated rings. The molecule has 0 spiro atoms. The number of phenols is 1. The van der Waals surface area contributed by atoms with Gasteiger partial charge in [-0.1, -0.05) is 49.7 Å². The summed E-state index contributed by atoms with van der Waals surface area (Å²) in [5.41, 5.74) is 2.63. The molecule has 0 aliphatic rings. The monoisotopic (exact) mass is 269 g/mol. The molecule has 0 atom stereocenters. The Kier molecular flexibility index (Phi) is 4.77. The minimum Gasteiger partial charge on any atom is -0.508 e. The molecular formula is C17H19NO2. The SMILES string of the molecule is CCCc1ccccc1NC(=O)Cc1ccccc1O. The van der Waals surface area contributed by atoms with Crippen molar-refractivity contribution in [3.05, 3.63) is 59.7 Å². The molecule has 0 aliphatic carbocycles. The Bertz CT molecular complexity index is 593. The van der Waals surface area contributed by atoms with Crippen LogP contribution in [0.3, 0.4) is 0 Å². The summed E-state index contributed by atoms with van der Waals surface area (Å²) in [7, 11) is 0. The lowest BCUT2D eigenvalue weighted by atomic mass is 10.1. The van der Waals surface area contributed by atoms with E-state index < -0.39 is 0 Å². The molecule has 3 heteroatoms. The predicted molar refractivity (Wildman–Crippen MR) is 80.9 cm³/mol. The van der Waals surface area contributed by atoms with Gasteiger partial charge >= 0.3 is 0 Å². The van der Waals surface area contributed by atoms with Crippen LogP contribution in [0, 0.1) is 0 Å². The summed E-state index contributed by atoms with van der Waals surface area (Å²) in [6.45, 7) is 2.11. The molecule has 2 aromatic rings. The van der Waals surface area contributed by atoms with E-state index in [9.17, 15) is 9.90 Å². The molecule has 2 N–H and O–H groups in total. The number of rotatable bonds is 5. The first-order valence-corrected chi connectivity index (χ1v) is 6.85. The third-order valence-electron chi connectivity index (χ3n) is 3.15. The number of carbonyl (C=O) groups is 1. The fraction of sp³-hybridized carbons (Fsp3) is 0.235. The zero-order valence-corrected chi connectivity index (χ0v) is 11.6. The van der Waals surface area contributed by atoms with Crippen molar-refractivity contribution in [3.63, 3.8) is 0 Å². The topological polar surface area (TPSA) is 49.3 Å². The van der Waals surface area contributed by atoms with Gasteiger partial charge in [-0.2, -0.15) is 0 Å². The van der Waals surface area contributed by atoms with Crippen molar-refractivity contribution in [2.24, 2.45) is 0 Å². The molecule has 0 aromatic heterocycles. The Morgan fingerprint density at radius 1 is 1.05 bits per heavy atom. The lowest BCUT2D eigenvalue weighted by Gasteiger charge is -2.11. The average Bonchev–Trinajstić information content (AvgIpc) is 2.44. The highest BCUT2D eigenvalue weighted by atomic mass is 16.3. The fourth-order valence-electron chi connectivity index (χ4n) is 2.16. The Hall–Kier alpha value is -2.29. The number of hydrogen-bond donors (Lipinski definition) is 2. The highest BCUT2D eigenvalue weighted by molar-refractivity contribution is 5.93. The summed E-state index contributed by atoms with van der Waals surface area (Å²) >= 11 is 0. The summed E-state index contributed by atoms with van der Waals surface area (Å²) in [5.74, 6) is 0.0412. The van der Waals surface area contributed by atoms with Crippen molar-refractivity contribution in [2.45, 2.75) is 26.2 Å². The Balaban J connectivity index is 2.07. The van der Waals surface area contributed by atoms with Crippen LogP contribution in [0.15, 0.2) is 48.5 Å². The van der Waals surface area contributed by atoms with Gasteiger partial charge in [0.05, 0.1) is 6.42 Å².